The summed E-state index contributed by atoms with van der Waals surface area (Å²) in [5, 5.41) is -0.421. The zero-order chi connectivity index (χ0) is 17.6. The molecule has 25 heavy (non-hydrogen) atoms. The lowest BCUT2D eigenvalue weighted by Gasteiger charge is -2.20. The van der Waals surface area contributed by atoms with Gasteiger partial charge in [-0.3, -0.25) is 0 Å². The molecule has 4 nitrogen and oxygen atoms in total. The quantitative estimate of drug-likeness (QED) is 0.764. The van der Waals surface area contributed by atoms with Crippen molar-refractivity contribution in [2.45, 2.75) is 17.5 Å². The first-order chi connectivity index (χ1) is 12.1. The molecule has 1 heterocycles. The number of carbonyl (C=O) groups is 2. The number of benzene rings is 2. The lowest BCUT2D eigenvalue weighted by molar-refractivity contribution is 0.00476. The van der Waals surface area contributed by atoms with Crippen molar-refractivity contribution in [2.75, 3.05) is 12.4 Å². The lowest BCUT2D eigenvalue weighted by atomic mass is 10.1. The summed E-state index contributed by atoms with van der Waals surface area (Å²) < 4.78 is 24.7. The molecule has 0 aliphatic carbocycles. The van der Waals surface area contributed by atoms with Gasteiger partial charge in [0.05, 0.1) is 16.4 Å². The third-order valence-corrected chi connectivity index (χ3v) is 5.18. The highest BCUT2D eigenvalue weighted by Gasteiger charge is 2.41. The van der Waals surface area contributed by atoms with Crippen molar-refractivity contribution in [1.82, 2.24) is 0 Å². The molecule has 0 amide bonds. The van der Waals surface area contributed by atoms with Gasteiger partial charge in [0.2, 0.25) is 0 Å². The number of rotatable bonds is 5. The number of alkyl halides is 1. The topological polar surface area (TPSA) is 52.6 Å². The van der Waals surface area contributed by atoms with Gasteiger partial charge in [-0.15, -0.1) is 11.8 Å². The minimum absolute atomic E-state index is 0.00838. The van der Waals surface area contributed by atoms with E-state index in [0.717, 1.165) is 0 Å². The van der Waals surface area contributed by atoms with Gasteiger partial charge in [0.15, 0.2) is 0 Å². The average Bonchev–Trinajstić information content (AvgIpc) is 3.01. The van der Waals surface area contributed by atoms with Gasteiger partial charge >= 0.3 is 11.9 Å². The molecule has 0 radical (unpaired) electrons. The van der Waals surface area contributed by atoms with Crippen LogP contribution in [0, 0.1) is 0 Å². The van der Waals surface area contributed by atoms with Crippen LogP contribution in [0.15, 0.2) is 60.7 Å². The molecule has 3 rings (SSSR count). The van der Waals surface area contributed by atoms with Crippen molar-refractivity contribution in [3.63, 3.8) is 0 Å². The van der Waals surface area contributed by atoms with Gasteiger partial charge in [-0.25, -0.2) is 14.0 Å². The smallest absolute Gasteiger partial charge is 0.338 e. The molecule has 0 bridgehead atoms. The van der Waals surface area contributed by atoms with Crippen LogP contribution in [-0.2, 0) is 9.47 Å². The maximum atomic E-state index is 14.1. The Morgan fingerprint density at radius 1 is 0.960 bits per heavy atom. The Bertz CT molecular complexity index is 723. The SMILES string of the molecule is O=C(OC[C@@H]1SC[C@@H](F)[C@@H]1OC(=O)c1ccccc1)c1ccccc1. The molecular weight excluding hydrogens is 343 g/mol. The van der Waals surface area contributed by atoms with E-state index in [1.807, 2.05) is 0 Å². The van der Waals surface area contributed by atoms with Crippen molar-refractivity contribution < 1.29 is 23.5 Å². The minimum Gasteiger partial charge on any atom is -0.461 e. The molecule has 3 atom stereocenters. The normalized spacial score (nSPS) is 22.4. The van der Waals surface area contributed by atoms with E-state index < -0.39 is 29.5 Å². The summed E-state index contributed by atoms with van der Waals surface area (Å²) in [7, 11) is 0. The summed E-state index contributed by atoms with van der Waals surface area (Å²) >= 11 is 1.30. The molecular formula is C19H17FO4S. The first-order valence-corrected chi connectivity index (χ1v) is 8.94. The summed E-state index contributed by atoms with van der Waals surface area (Å²) in [6, 6.07) is 17.0. The zero-order valence-electron chi connectivity index (χ0n) is 13.3. The average molecular weight is 360 g/mol. The molecule has 1 saturated heterocycles. The number of ether oxygens (including phenoxy) is 2. The highest BCUT2D eigenvalue weighted by atomic mass is 32.2. The second-order valence-corrected chi connectivity index (χ2v) is 6.86. The number of thioether (sulfide) groups is 1. The second kappa shape index (κ2) is 8.16. The number of esters is 2. The van der Waals surface area contributed by atoms with Gasteiger partial charge in [-0.05, 0) is 24.3 Å². The summed E-state index contributed by atoms with van der Waals surface area (Å²) in [6.07, 6.45) is -2.21. The summed E-state index contributed by atoms with van der Waals surface area (Å²) in [5.41, 5.74) is 0.798. The first kappa shape index (κ1) is 17.5. The third kappa shape index (κ3) is 4.39. The molecule has 6 heteroatoms. The lowest BCUT2D eigenvalue weighted by Crippen LogP contribution is -2.35. The van der Waals surface area contributed by atoms with Crippen LogP contribution in [0.5, 0.6) is 0 Å². The fraction of sp³-hybridized carbons (Fsp3) is 0.263. The number of hydrogen-bond donors (Lipinski definition) is 0. The highest BCUT2D eigenvalue weighted by Crippen LogP contribution is 2.32. The van der Waals surface area contributed by atoms with E-state index in [0.29, 0.717) is 11.1 Å². The molecule has 2 aromatic carbocycles. The van der Waals surface area contributed by atoms with Gasteiger partial charge in [0.25, 0.3) is 0 Å². The predicted molar refractivity (Wildman–Crippen MR) is 93.5 cm³/mol. The van der Waals surface area contributed by atoms with E-state index in [4.69, 9.17) is 9.47 Å². The third-order valence-electron chi connectivity index (χ3n) is 3.83. The predicted octanol–water partition coefficient (Wildman–Crippen LogP) is 3.52. The molecule has 130 valence electrons. The van der Waals surface area contributed by atoms with Crippen LogP contribution in [0.25, 0.3) is 0 Å². The van der Waals surface area contributed by atoms with Crippen molar-refractivity contribution in [3.05, 3.63) is 71.8 Å². The fourth-order valence-corrected chi connectivity index (χ4v) is 3.71. The fourth-order valence-electron chi connectivity index (χ4n) is 2.51. The Kier molecular flexibility index (Phi) is 5.71. The molecule has 1 fully saturated rings. The van der Waals surface area contributed by atoms with Crippen LogP contribution in [0.1, 0.15) is 20.7 Å². The van der Waals surface area contributed by atoms with E-state index in [1.165, 1.54) is 11.8 Å². The second-order valence-electron chi connectivity index (χ2n) is 5.59. The first-order valence-electron chi connectivity index (χ1n) is 7.89. The van der Waals surface area contributed by atoms with Gasteiger partial charge < -0.3 is 9.47 Å². The van der Waals surface area contributed by atoms with Gasteiger partial charge in [0, 0.05) is 5.75 Å². The Hall–Kier alpha value is -2.34. The van der Waals surface area contributed by atoms with Crippen LogP contribution < -0.4 is 0 Å². The van der Waals surface area contributed by atoms with Gasteiger partial charge in [0.1, 0.15) is 18.9 Å². The minimum atomic E-state index is -1.28. The molecule has 0 saturated carbocycles. The van der Waals surface area contributed by atoms with E-state index in [2.05, 4.69) is 0 Å². The maximum Gasteiger partial charge on any atom is 0.338 e. The standard InChI is InChI=1S/C19H17FO4S/c20-15-12-25-16(11-23-18(21)13-7-3-1-4-8-13)17(15)24-19(22)14-9-5-2-6-10-14/h1-10,15-17H,11-12H2/t15-,16+,17+/m1/s1. The largest absolute Gasteiger partial charge is 0.461 e. The number of carbonyl (C=O) groups excluding carboxylic acids is 2. The summed E-state index contributed by atoms with van der Waals surface area (Å²) in [4.78, 5) is 24.1. The maximum absolute atomic E-state index is 14.1. The Labute approximate surface area is 149 Å². The van der Waals surface area contributed by atoms with E-state index in [9.17, 15) is 14.0 Å². The van der Waals surface area contributed by atoms with Crippen LogP contribution in [0.2, 0.25) is 0 Å². The van der Waals surface area contributed by atoms with Crippen molar-refractivity contribution in [2.24, 2.45) is 0 Å². The Morgan fingerprint density at radius 2 is 1.52 bits per heavy atom. The number of halogens is 1. The van der Waals surface area contributed by atoms with E-state index in [1.54, 1.807) is 60.7 Å². The molecule has 1 aliphatic rings. The molecule has 0 N–H and O–H groups in total. The van der Waals surface area contributed by atoms with Crippen molar-refractivity contribution in [1.29, 1.82) is 0 Å². The summed E-state index contributed by atoms with van der Waals surface area (Å²) in [6.45, 7) is -0.00838. The molecule has 0 aromatic heterocycles. The van der Waals surface area contributed by atoms with Crippen LogP contribution in [-0.4, -0.2) is 41.8 Å². The Balaban J connectivity index is 1.59. The van der Waals surface area contributed by atoms with E-state index in [-0.39, 0.29) is 12.4 Å². The van der Waals surface area contributed by atoms with Crippen LogP contribution in [0.4, 0.5) is 4.39 Å². The van der Waals surface area contributed by atoms with Crippen LogP contribution >= 0.6 is 11.8 Å². The monoisotopic (exact) mass is 360 g/mol. The molecule has 0 unspecified atom stereocenters. The molecule has 0 spiro atoms. The molecule has 2 aromatic rings. The van der Waals surface area contributed by atoms with Gasteiger partial charge in [-0.2, -0.15) is 0 Å². The Morgan fingerprint density at radius 3 is 2.12 bits per heavy atom. The van der Waals surface area contributed by atoms with Gasteiger partial charge in [-0.1, -0.05) is 36.4 Å². The van der Waals surface area contributed by atoms with Crippen LogP contribution in [0.3, 0.4) is 0 Å². The summed E-state index contributed by atoms with van der Waals surface area (Å²) in [5.74, 6) is -0.841. The number of hydrogen-bond acceptors (Lipinski definition) is 5. The van der Waals surface area contributed by atoms with Crippen molar-refractivity contribution >= 4 is 23.7 Å². The van der Waals surface area contributed by atoms with Crippen molar-refractivity contribution in [3.8, 4) is 0 Å². The highest BCUT2D eigenvalue weighted by molar-refractivity contribution is 8.00. The molecule has 1 aliphatic heterocycles. The van der Waals surface area contributed by atoms with E-state index >= 15 is 0 Å². The zero-order valence-corrected chi connectivity index (χ0v) is 14.2.